The number of nitrogens with zero attached hydrogens (tertiary/aromatic N) is 4. The minimum Gasteiger partial charge on any atom is -0.508 e. The molecule has 4 aromatic rings. The second-order valence-electron chi connectivity index (χ2n) is 12.6. The van der Waals surface area contributed by atoms with Gasteiger partial charge in [0.25, 0.3) is 0 Å². The normalized spacial score (nSPS) is 26.6. The Balaban J connectivity index is 1.31. The van der Waals surface area contributed by atoms with Crippen LogP contribution in [0.15, 0.2) is 30.3 Å². The van der Waals surface area contributed by atoms with Gasteiger partial charge in [-0.2, -0.15) is 9.97 Å². The zero-order valence-electron chi connectivity index (χ0n) is 23.8. The summed E-state index contributed by atoms with van der Waals surface area (Å²) in [4.78, 5) is 12.8. The summed E-state index contributed by atoms with van der Waals surface area (Å²) in [6, 6.07) is 6.59. The van der Waals surface area contributed by atoms with Gasteiger partial charge in [0.05, 0.1) is 16.5 Å². The summed E-state index contributed by atoms with van der Waals surface area (Å²) in [5, 5.41) is 24.9. The number of rotatable bonds is 5. The number of halogens is 4. The topological polar surface area (TPSA) is 94.0 Å². The molecule has 0 aliphatic carbocycles. The highest BCUT2D eigenvalue weighted by molar-refractivity contribution is 6.04. The summed E-state index contributed by atoms with van der Waals surface area (Å²) in [5.41, 5.74) is -1.82. The van der Waals surface area contributed by atoms with Crippen molar-refractivity contribution in [2.75, 3.05) is 37.7 Å². The molecule has 4 saturated heterocycles. The van der Waals surface area contributed by atoms with Gasteiger partial charge in [0, 0.05) is 49.1 Å². The van der Waals surface area contributed by atoms with Gasteiger partial charge >= 0.3 is 6.01 Å². The van der Waals surface area contributed by atoms with Gasteiger partial charge in [-0.15, -0.1) is 0 Å². The number of aromatic hydroxyl groups is 2. The Kier molecular flexibility index (Phi) is 6.32. The maximum atomic E-state index is 16.7. The first-order valence-corrected chi connectivity index (χ1v) is 15.1. The summed E-state index contributed by atoms with van der Waals surface area (Å²) in [5.74, 6) is -4.27. The highest BCUT2D eigenvalue weighted by Crippen LogP contribution is 2.46. The average Bonchev–Trinajstić information content (AvgIpc) is 3.64. The first-order chi connectivity index (χ1) is 21.2. The molecule has 4 aliphatic rings. The van der Waals surface area contributed by atoms with Crippen molar-refractivity contribution in [3.8, 4) is 28.6 Å². The van der Waals surface area contributed by atoms with Gasteiger partial charge in [0.2, 0.25) is 0 Å². The van der Waals surface area contributed by atoms with Crippen molar-refractivity contribution in [2.45, 2.75) is 55.9 Å². The fraction of sp³-hybridized carbons (Fsp3) is 0.438. The van der Waals surface area contributed by atoms with Crippen LogP contribution in [0.3, 0.4) is 0 Å². The quantitative estimate of drug-likeness (QED) is 0.267. The first kappa shape index (κ1) is 27.6. The molecule has 8 rings (SSSR count). The Morgan fingerprint density at radius 2 is 1.80 bits per heavy atom. The zero-order valence-corrected chi connectivity index (χ0v) is 23.8. The molecule has 3 aromatic carbocycles. The number of fused-ring (bicyclic) bond motifs is 5. The van der Waals surface area contributed by atoms with E-state index in [0.717, 1.165) is 44.4 Å². The number of aromatic nitrogens is 2. The Bertz CT molecular complexity index is 1810. The Labute approximate surface area is 250 Å². The van der Waals surface area contributed by atoms with Crippen LogP contribution in [0.1, 0.15) is 32.1 Å². The molecule has 4 atom stereocenters. The van der Waals surface area contributed by atoms with Crippen LogP contribution in [0, 0.1) is 17.5 Å². The number of nitrogens with one attached hydrogen (secondary N) is 1. The SMILES string of the molecule is Oc1cc(-c2c(O)c(F)c3c(N4C[C@H]5CC[C@@H](C4)N5)nc(OC[C@@]45CCCN4C[C@H](F)C5)nc3c2F)c2c(F)cccc2c1. The predicted octanol–water partition coefficient (Wildman–Crippen LogP) is 5.17. The molecule has 8 nitrogen and oxygen atoms in total. The van der Waals surface area contributed by atoms with Crippen molar-refractivity contribution in [3.05, 3.63) is 47.8 Å². The van der Waals surface area contributed by atoms with Crippen LogP contribution in [0.25, 0.3) is 32.8 Å². The van der Waals surface area contributed by atoms with Crippen molar-refractivity contribution in [1.82, 2.24) is 20.2 Å². The van der Waals surface area contributed by atoms with Crippen molar-refractivity contribution in [1.29, 1.82) is 0 Å². The Morgan fingerprint density at radius 1 is 1.00 bits per heavy atom. The molecule has 2 bridgehead atoms. The Hall–Kier alpha value is -3.90. The third-order valence-electron chi connectivity index (χ3n) is 9.89. The van der Waals surface area contributed by atoms with Gasteiger partial charge in [-0.25, -0.2) is 17.6 Å². The molecule has 0 radical (unpaired) electrons. The molecule has 12 heteroatoms. The summed E-state index contributed by atoms with van der Waals surface area (Å²) in [6.45, 7) is 2.13. The number of hydrogen-bond acceptors (Lipinski definition) is 8. The maximum Gasteiger partial charge on any atom is 0.319 e. The maximum absolute atomic E-state index is 16.7. The standard InChI is InChI=1S/C32H31F4N5O3/c33-17-11-32(7-2-8-41(32)12-17)15-44-31-38-28-25(30(39-31)40-13-18-5-6-19(14-40)37-18)27(36)29(43)24(26(28)35)21-10-20(42)9-16-3-1-4-22(34)23(16)21/h1,3-4,9-10,17-19,37,42-43H,2,5-8,11-15H2/t17-,18-,19+,32+/m1/s1. The summed E-state index contributed by atoms with van der Waals surface area (Å²) < 4.78 is 68.7. The van der Waals surface area contributed by atoms with Gasteiger partial charge < -0.3 is 25.2 Å². The van der Waals surface area contributed by atoms with Crippen LogP contribution < -0.4 is 15.0 Å². The number of piperazine rings is 1. The molecule has 0 saturated carbocycles. The molecule has 4 fully saturated rings. The van der Waals surface area contributed by atoms with E-state index in [1.54, 1.807) is 0 Å². The lowest BCUT2D eigenvalue weighted by atomic mass is 9.94. The molecule has 1 aromatic heterocycles. The molecular weight excluding hydrogens is 578 g/mol. The molecular formula is C32H31F4N5O3. The van der Waals surface area contributed by atoms with Gasteiger partial charge in [0.1, 0.15) is 35.7 Å². The largest absolute Gasteiger partial charge is 0.508 e. The van der Waals surface area contributed by atoms with Gasteiger partial charge in [-0.1, -0.05) is 12.1 Å². The van der Waals surface area contributed by atoms with E-state index in [9.17, 15) is 14.6 Å². The van der Waals surface area contributed by atoms with E-state index in [1.807, 2.05) is 4.90 Å². The van der Waals surface area contributed by atoms with Crippen LogP contribution in [0.2, 0.25) is 0 Å². The number of alkyl halides is 1. The molecule has 3 N–H and O–H groups in total. The zero-order chi connectivity index (χ0) is 30.3. The molecule has 0 amide bonds. The third kappa shape index (κ3) is 4.25. The molecule has 5 heterocycles. The second-order valence-corrected chi connectivity index (χ2v) is 12.6. The minimum atomic E-state index is -1.16. The number of phenolic OH excluding ortho intramolecular Hbond substituents is 2. The van der Waals surface area contributed by atoms with Crippen molar-refractivity contribution >= 4 is 27.5 Å². The van der Waals surface area contributed by atoms with Gasteiger partial charge in [-0.3, -0.25) is 4.90 Å². The van der Waals surface area contributed by atoms with E-state index in [0.29, 0.717) is 26.1 Å². The molecule has 44 heavy (non-hydrogen) atoms. The first-order valence-electron chi connectivity index (χ1n) is 15.1. The van der Waals surface area contributed by atoms with E-state index < -0.39 is 46.0 Å². The second kappa shape index (κ2) is 10.1. The Morgan fingerprint density at radius 3 is 2.59 bits per heavy atom. The van der Waals surface area contributed by atoms with Crippen LogP contribution in [0.5, 0.6) is 17.5 Å². The molecule has 0 unspecified atom stereocenters. The monoisotopic (exact) mass is 609 g/mol. The number of hydrogen-bond donors (Lipinski definition) is 3. The number of phenols is 2. The summed E-state index contributed by atoms with van der Waals surface area (Å²) in [7, 11) is 0. The van der Waals surface area contributed by atoms with Crippen LogP contribution >= 0.6 is 0 Å². The lowest BCUT2D eigenvalue weighted by Crippen LogP contribution is -2.51. The average molecular weight is 610 g/mol. The van der Waals surface area contributed by atoms with Crippen molar-refractivity contribution < 1.29 is 32.5 Å². The van der Waals surface area contributed by atoms with E-state index in [-0.39, 0.29) is 58.0 Å². The number of benzene rings is 3. The fourth-order valence-electron chi connectivity index (χ4n) is 7.96. The predicted molar refractivity (Wildman–Crippen MR) is 156 cm³/mol. The highest BCUT2D eigenvalue weighted by Gasteiger charge is 2.49. The molecule has 0 spiro atoms. The summed E-state index contributed by atoms with van der Waals surface area (Å²) in [6.07, 6.45) is 2.84. The van der Waals surface area contributed by atoms with Crippen LogP contribution in [-0.4, -0.2) is 81.7 Å². The van der Waals surface area contributed by atoms with Crippen LogP contribution in [0.4, 0.5) is 23.4 Å². The molecule has 4 aliphatic heterocycles. The van der Waals surface area contributed by atoms with Crippen LogP contribution in [-0.2, 0) is 0 Å². The molecule has 230 valence electrons. The number of anilines is 1. The fourth-order valence-corrected chi connectivity index (χ4v) is 7.96. The third-order valence-corrected chi connectivity index (χ3v) is 9.89. The minimum absolute atomic E-state index is 0.0859. The lowest BCUT2D eigenvalue weighted by molar-refractivity contribution is 0.107. The van der Waals surface area contributed by atoms with E-state index in [1.165, 1.54) is 18.2 Å². The van der Waals surface area contributed by atoms with Crippen molar-refractivity contribution in [3.63, 3.8) is 0 Å². The smallest absolute Gasteiger partial charge is 0.319 e. The van der Waals surface area contributed by atoms with Gasteiger partial charge in [0.15, 0.2) is 17.4 Å². The number of ether oxygens (including phenoxy) is 1. The van der Waals surface area contributed by atoms with Gasteiger partial charge in [-0.05, 0) is 55.8 Å². The van der Waals surface area contributed by atoms with E-state index in [2.05, 4.69) is 20.2 Å². The highest BCUT2D eigenvalue weighted by atomic mass is 19.1. The van der Waals surface area contributed by atoms with Crippen molar-refractivity contribution in [2.24, 2.45) is 0 Å². The van der Waals surface area contributed by atoms with E-state index >= 15 is 13.2 Å². The summed E-state index contributed by atoms with van der Waals surface area (Å²) >= 11 is 0. The lowest BCUT2D eigenvalue weighted by Gasteiger charge is -2.35. The van der Waals surface area contributed by atoms with E-state index in [4.69, 9.17) is 4.74 Å².